The zero-order valence-corrected chi connectivity index (χ0v) is 14.5. The Balaban J connectivity index is 1.49. The molecule has 3 saturated heterocycles. The highest BCUT2D eigenvalue weighted by Gasteiger charge is 2.35. The molecule has 0 aliphatic carbocycles. The molecular formula is C18H23F2N3O3. The molecule has 1 aromatic rings. The quantitative estimate of drug-likeness (QED) is 0.883. The zero-order valence-electron chi connectivity index (χ0n) is 14.5. The molecule has 1 atom stereocenters. The first kappa shape index (κ1) is 17.5. The summed E-state index contributed by atoms with van der Waals surface area (Å²) in [5, 5.41) is 0. The number of hydrogen-bond acceptors (Lipinski definition) is 5. The molecule has 3 aliphatic rings. The summed E-state index contributed by atoms with van der Waals surface area (Å²) < 4.78 is 39.7. The van der Waals surface area contributed by atoms with Crippen LogP contribution in [-0.4, -0.2) is 51.6 Å². The van der Waals surface area contributed by atoms with Gasteiger partial charge in [-0.25, -0.2) is 13.6 Å². The van der Waals surface area contributed by atoms with Crippen molar-refractivity contribution in [2.75, 3.05) is 49.2 Å². The average molecular weight is 367 g/mol. The maximum absolute atomic E-state index is 14.7. The Kier molecular flexibility index (Phi) is 4.71. The van der Waals surface area contributed by atoms with Gasteiger partial charge in [0.05, 0.1) is 25.4 Å². The number of carbonyl (C=O) groups is 1. The number of cyclic esters (lactones) is 1. The highest BCUT2D eigenvalue weighted by molar-refractivity contribution is 5.90. The van der Waals surface area contributed by atoms with Gasteiger partial charge in [-0.05, 0) is 18.8 Å². The maximum atomic E-state index is 14.7. The third kappa shape index (κ3) is 3.12. The van der Waals surface area contributed by atoms with Gasteiger partial charge in [-0.15, -0.1) is 0 Å². The van der Waals surface area contributed by atoms with E-state index in [1.54, 1.807) is 4.90 Å². The molecule has 0 saturated carbocycles. The Labute approximate surface area is 150 Å². The fourth-order valence-electron chi connectivity index (χ4n) is 3.99. The molecular weight excluding hydrogens is 344 g/mol. The lowest BCUT2D eigenvalue weighted by Crippen LogP contribution is -2.42. The van der Waals surface area contributed by atoms with Gasteiger partial charge in [0.25, 0.3) is 0 Å². The van der Waals surface area contributed by atoms with E-state index in [1.165, 1.54) is 17.0 Å². The standard InChI is InChI=1S/C18H23F2N3O3/c19-15-5-13(23-8-14(7-21)26-18(23)24)6-16(20)17(15)22-3-1-11(2-4-22)12-9-25-10-12/h5-6,11-12,14H,1-4,7-10,21H2/t14-/m0/s1. The summed E-state index contributed by atoms with van der Waals surface area (Å²) in [5.74, 6) is -0.160. The topological polar surface area (TPSA) is 68.0 Å². The molecule has 8 heteroatoms. The van der Waals surface area contributed by atoms with Crippen molar-refractivity contribution < 1.29 is 23.0 Å². The van der Waals surface area contributed by atoms with Crippen LogP contribution in [0.15, 0.2) is 12.1 Å². The number of amides is 1. The SMILES string of the molecule is NC[C@H]1CN(c2cc(F)c(N3CCC(C4COC4)CC3)c(F)c2)C(=O)O1. The lowest BCUT2D eigenvalue weighted by molar-refractivity contribution is -0.0651. The van der Waals surface area contributed by atoms with Crippen LogP contribution in [0.4, 0.5) is 25.0 Å². The summed E-state index contributed by atoms with van der Waals surface area (Å²) in [7, 11) is 0. The number of ether oxygens (including phenoxy) is 2. The third-order valence-electron chi connectivity index (χ3n) is 5.64. The van der Waals surface area contributed by atoms with Gasteiger partial charge < -0.3 is 20.1 Å². The number of carbonyl (C=O) groups excluding carboxylic acids is 1. The van der Waals surface area contributed by atoms with Crippen LogP contribution < -0.4 is 15.5 Å². The number of nitrogens with two attached hydrogens (primary N) is 1. The van der Waals surface area contributed by atoms with Crippen LogP contribution in [-0.2, 0) is 9.47 Å². The minimum Gasteiger partial charge on any atom is -0.443 e. The van der Waals surface area contributed by atoms with Crippen LogP contribution in [0, 0.1) is 23.5 Å². The van der Waals surface area contributed by atoms with E-state index in [-0.39, 0.29) is 24.5 Å². The van der Waals surface area contributed by atoms with Crippen molar-refractivity contribution in [1.82, 2.24) is 0 Å². The Morgan fingerprint density at radius 1 is 1.12 bits per heavy atom. The van der Waals surface area contributed by atoms with Crippen LogP contribution in [0.3, 0.4) is 0 Å². The van der Waals surface area contributed by atoms with Crippen molar-refractivity contribution in [2.24, 2.45) is 17.6 Å². The van der Waals surface area contributed by atoms with Gasteiger partial charge in [0.15, 0.2) is 11.6 Å². The molecule has 3 heterocycles. The van der Waals surface area contributed by atoms with Gasteiger partial charge in [-0.2, -0.15) is 0 Å². The van der Waals surface area contributed by atoms with Crippen molar-refractivity contribution in [3.8, 4) is 0 Å². The molecule has 2 N–H and O–H groups in total. The average Bonchev–Trinajstić information content (AvgIpc) is 2.95. The summed E-state index contributed by atoms with van der Waals surface area (Å²) in [4.78, 5) is 14.8. The second-order valence-corrected chi connectivity index (χ2v) is 7.23. The smallest absolute Gasteiger partial charge is 0.414 e. The molecule has 6 nitrogen and oxygen atoms in total. The first-order valence-corrected chi connectivity index (χ1v) is 9.06. The number of hydrogen-bond donors (Lipinski definition) is 1. The second kappa shape index (κ2) is 7.00. The van der Waals surface area contributed by atoms with E-state index >= 15 is 0 Å². The Morgan fingerprint density at radius 2 is 1.77 bits per heavy atom. The molecule has 1 amide bonds. The number of halogens is 2. The van der Waals surface area contributed by atoms with Crippen molar-refractivity contribution in [1.29, 1.82) is 0 Å². The van der Waals surface area contributed by atoms with Gasteiger partial charge in [0.2, 0.25) is 0 Å². The first-order chi connectivity index (χ1) is 12.6. The monoisotopic (exact) mass is 367 g/mol. The fourth-order valence-corrected chi connectivity index (χ4v) is 3.99. The van der Waals surface area contributed by atoms with Crippen LogP contribution in [0.1, 0.15) is 12.8 Å². The lowest BCUT2D eigenvalue weighted by atomic mass is 9.83. The molecule has 0 bridgehead atoms. The Bertz CT molecular complexity index is 667. The van der Waals surface area contributed by atoms with Gasteiger partial charge in [-0.3, -0.25) is 4.90 Å². The van der Waals surface area contributed by atoms with E-state index in [4.69, 9.17) is 15.2 Å². The second-order valence-electron chi connectivity index (χ2n) is 7.23. The molecule has 3 aliphatic heterocycles. The summed E-state index contributed by atoms with van der Waals surface area (Å²) in [6.45, 7) is 3.22. The van der Waals surface area contributed by atoms with Crippen LogP contribution >= 0.6 is 0 Å². The van der Waals surface area contributed by atoms with Gasteiger partial charge >= 0.3 is 6.09 Å². The van der Waals surface area contributed by atoms with Gasteiger partial charge in [-0.1, -0.05) is 0 Å². The minimum absolute atomic E-state index is 0.0139. The van der Waals surface area contributed by atoms with Crippen molar-refractivity contribution in [2.45, 2.75) is 18.9 Å². The molecule has 0 aromatic heterocycles. The van der Waals surface area contributed by atoms with Crippen molar-refractivity contribution in [3.05, 3.63) is 23.8 Å². The molecule has 142 valence electrons. The van der Waals surface area contributed by atoms with E-state index in [1.807, 2.05) is 0 Å². The van der Waals surface area contributed by atoms with E-state index in [2.05, 4.69) is 0 Å². The van der Waals surface area contributed by atoms with Crippen LogP contribution in [0.25, 0.3) is 0 Å². The lowest BCUT2D eigenvalue weighted by Gasteiger charge is -2.40. The summed E-state index contributed by atoms with van der Waals surface area (Å²) in [6.07, 6.45) is 0.731. The van der Waals surface area contributed by atoms with E-state index in [0.717, 1.165) is 26.1 Å². The summed E-state index contributed by atoms with van der Waals surface area (Å²) >= 11 is 0. The van der Waals surface area contributed by atoms with Crippen LogP contribution in [0.5, 0.6) is 0 Å². The first-order valence-electron chi connectivity index (χ1n) is 9.06. The minimum atomic E-state index is -0.658. The molecule has 0 unspecified atom stereocenters. The predicted octanol–water partition coefficient (Wildman–Crippen LogP) is 2.11. The normalized spacial score (nSPS) is 24.7. The molecule has 0 radical (unpaired) electrons. The molecule has 26 heavy (non-hydrogen) atoms. The molecule has 4 rings (SSSR count). The Morgan fingerprint density at radius 3 is 2.27 bits per heavy atom. The van der Waals surface area contributed by atoms with E-state index < -0.39 is 23.8 Å². The zero-order chi connectivity index (χ0) is 18.3. The van der Waals surface area contributed by atoms with Gasteiger partial charge in [0, 0.05) is 37.7 Å². The highest BCUT2D eigenvalue weighted by atomic mass is 19.1. The van der Waals surface area contributed by atoms with Gasteiger partial charge in [0.1, 0.15) is 11.8 Å². The largest absolute Gasteiger partial charge is 0.443 e. The summed E-state index contributed by atoms with van der Waals surface area (Å²) in [6, 6.07) is 2.40. The third-order valence-corrected chi connectivity index (χ3v) is 5.64. The molecule has 1 aromatic carbocycles. The number of benzene rings is 1. The summed E-state index contributed by atoms with van der Waals surface area (Å²) in [5.41, 5.74) is 5.64. The van der Waals surface area contributed by atoms with Crippen molar-refractivity contribution >= 4 is 17.5 Å². The fraction of sp³-hybridized carbons (Fsp3) is 0.611. The number of rotatable bonds is 4. The molecule has 3 fully saturated rings. The van der Waals surface area contributed by atoms with Crippen LogP contribution in [0.2, 0.25) is 0 Å². The highest BCUT2D eigenvalue weighted by Crippen LogP contribution is 2.35. The Hall–Kier alpha value is -1.93. The van der Waals surface area contributed by atoms with E-state index in [9.17, 15) is 13.6 Å². The maximum Gasteiger partial charge on any atom is 0.414 e. The number of piperidine rings is 1. The predicted molar refractivity (Wildman–Crippen MR) is 92.3 cm³/mol. The molecule has 0 spiro atoms. The number of nitrogens with zero attached hydrogens (tertiary/aromatic N) is 2. The van der Waals surface area contributed by atoms with Crippen molar-refractivity contribution in [3.63, 3.8) is 0 Å². The number of anilines is 2. The van der Waals surface area contributed by atoms with E-state index in [0.29, 0.717) is 24.9 Å².